The summed E-state index contributed by atoms with van der Waals surface area (Å²) in [6.45, 7) is 2.87. The van der Waals surface area contributed by atoms with Crippen molar-refractivity contribution < 1.29 is 14.7 Å². The number of carboxylic acid groups (broad SMARTS) is 1. The molecule has 3 N–H and O–H groups in total. The molecule has 150 valence electrons. The summed E-state index contributed by atoms with van der Waals surface area (Å²) in [4.78, 5) is 24.6. The van der Waals surface area contributed by atoms with Crippen LogP contribution in [0.25, 0.3) is 0 Å². The number of carboxylic acids is 1. The van der Waals surface area contributed by atoms with E-state index in [1.807, 2.05) is 60.7 Å². The third-order valence-corrected chi connectivity index (χ3v) is 4.67. The van der Waals surface area contributed by atoms with Crippen molar-refractivity contribution in [1.29, 1.82) is 0 Å². The van der Waals surface area contributed by atoms with Gasteiger partial charge in [-0.15, -0.1) is 0 Å². The molecule has 0 aliphatic rings. The Hall–Kier alpha value is -2.66. The average molecular weight is 383 g/mol. The third-order valence-electron chi connectivity index (χ3n) is 4.67. The molecule has 2 atom stereocenters. The van der Waals surface area contributed by atoms with Gasteiger partial charge in [0.1, 0.15) is 6.04 Å². The van der Waals surface area contributed by atoms with Crippen LogP contribution >= 0.6 is 0 Å². The van der Waals surface area contributed by atoms with Crippen molar-refractivity contribution >= 4 is 11.9 Å². The Kier molecular flexibility index (Phi) is 9.22. The molecule has 0 fully saturated rings. The summed E-state index contributed by atoms with van der Waals surface area (Å²) in [6, 6.07) is 17.7. The van der Waals surface area contributed by atoms with Crippen molar-refractivity contribution in [3.8, 4) is 0 Å². The fourth-order valence-corrected chi connectivity index (χ4v) is 3.08. The molecule has 0 bridgehead atoms. The number of aliphatic carboxylic acids is 1. The van der Waals surface area contributed by atoms with Gasteiger partial charge in [0, 0.05) is 6.42 Å². The molecule has 0 aromatic heterocycles. The normalized spacial score (nSPS) is 12.9. The van der Waals surface area contributed by atoms with Crippen molar-refractivity contribution in [2.24, 2.45) is 0 Å². The van der Waals surface area contributed by atoms with Gasteiger partial charge in [0.25, 0.3) is 0 Å². The summed E-state index contributed by atoms with van der Waals surface area (Å²) in [5.74, 6) is -1.30. The Morgan fingerprint density at radius 3 is 1.89 bits per heavy atom. The molecule has 0 aliphatic heterocycles. The summed E-state index contributed by atoms with van der Waals surface area (Å²) in [7, 11) is 0. The molecule has 2 aromatic carbocycles. The van der Waals surface area contributed by atoms with Crippen LogP contribution in [0.15, 0.2) is 60.7 Å². The molecule has 0 spiro atoms. The molecule has 0 aliphatic carbocycles. The highest BCUT2D eigenvalue weighted by atomic mass is 16.4. The van der Waals surface area contributed by atoms with E-state index in [1.54, 1.807) is 0 Å². The summed E-state index contributed by atoms with van der Waals surface area (Å²) >= 11 is 0. The SMILES string of the molecule is CCCCCN[C@@H](Cc1ccccc1)C(=O)N[C@@H](Cc1ccccc1)C(=O)O. The Morgan fingerprint density at radius 1 is 0.857 bits per heavy atom. The van der Waals surface area contributed by atoms with E-state index in [2.05, 4.69) is 17.6 Å². The first-order valence-corrected chi connectivity index (χ1v) is 9.94. The number of benzene rings is 2. The lowest BCUT2D eigenvalue weighted by Crippen LogP contribution is -2.52. The molecule has 0 unspecified atom stereocenters. The van der Waals surface area contributed by atoms with Crippen molar-refractivity contribution in [1.82, 2.24) is 10.6 Å². The lowest BCUT2D eigenvalue weighted by Gasteiger charge is -2.22. The largest absolute Gasteiger partial charge is 0.480 e. The number of nitrogens with one attached hydrogen (secondary N) is 2. The van der Waals surface area contributed by atoms with Gasteiger partial charge in [-0.25, -0.2) is 4.79 Å². The Bertz CT molecular complexity index is 719. The third kappa shape index (κ3) is 7.53. The van der Waals surface area contributed by atoms with Crippen molar-refractivity contribution in [3.05, 3.63) is 71.8 Å². The van der Waals surface area contributed by atoms with Crippen LogP contribution in [0.5, 0.6) is 0 Å². The Morgan fingerprint density at radius 2 is 1.39 bits per heavy atom. The minimum Gasteiger partial charge on any atom is -0.480 e. The molecule has 0 radical (unpaired) electrons. The number of unbranched alkanes of at least 4 members (excludes halogenated alkanes) is 2. The monoisotopic (exact) mass is 382 g/mol. The van der Waals surface area contributed by atoms with E-state index in [0.717, 1.165) is 36.9 Å². The van der Waals surface area contributed by atoms with Crippen molar-refractivity contribution in [2.75, 3.05) is 6.54 Å². The molecule has 0 saturated heterocycles. The highest BCUT2D eigenvalue weighted by Crippen LogP contribution is 2.07. The highest BCUT2D eigenvalue weighted by molar-refractivity contribution is 5.87. The van der Waals surface area contributed by atoms with Gasteiger partial charge in [-0.3, -0.25) is 4.79 Å². The van der Waals surface area contributed by atoms with Crippen molar-refractivity contribution in [3.63, 3.8) is 0 Å². The molecule has 1 amide bonds. The molecule has 2 rings (SSSR count). The number of hydrogen-bond acceptors (Lipinski definition) is 3. The van der Waals surface area contributed by atoms with Crippen LogP contribution in [0, 0.1) is 0 Å². The average Bonchev–Trinajstić information content (AvgIpc) is 2.71. The van der Waals surface area contributed by atoms with E-state index >= 15 is 0 Å². The maximum atomic E-state index is 12.9. The lowest BCUT2D eigenvalue weighted by molar-refractivity contribution is -0.142. The summed E-state index contributed by atoms with van der Waals surface area (Å²) in [5.41, 5.74) is 1.92. The van der Waals surface area contributed by atoms with E-state index in [0.29, 0.717) is 6.42 Å². The van der Waals surface area contributed by atoms with E-state index in [-0.39, 0.29) is 12.3 Å². The topological polar surface area (TPSA) is 78.4 Å². The van der Waals surface area contributed by atoms with Gasteiger partial charge in [-0.05, 0) is 30.5 Å². The number of hydrogen-bond donors (Lipinski definition) is 3. The predicted octanol–water partition coefficient (Wildman–Crippen LogP) is 3.19. The van der Waals surface area contributed by atoms with E-state index in [4.69, 9.17) is 0 Å². The molecule has 0 saturated carbocycles. The molecule has 5 nitrogen and oxygen atoms in total. The molecule has 28 heavy (non-hydrogen) atoms. The fraction of sp³-hybridized carbons (Fsp3) is 0.391. The molecule has 2 aromatic rings. The van der Waals surface area contributed by atoms with Gasteiger partial charge in [0.15, 0.2) is 0 Å². The van der Waals surface area contributed by atoms with Crippen LogP contribution in [-0.2, 0) is 22.4 Å². The maximum absolute atomic E-state index is 12.9. The molecular weight excluding hydrogens is 352 g/mol. The quantitative estimate of drug-likeness (QED) is 0.493. The van der Waals surface area contributed by atoms with Crippen LogP contribution in [0.3, 0.4) is 0 Å². The van der Waals surface area contributed by atoms with Crippen LogP contribution in [0.1, 0.15) is 37.3 Å². The predicted molar refractivity (Wildman–Crippen MR) is 111 cm³/mol. The van der Waals surface area contributed by atoms with Gasteiger partial charge >= 0.3 is 5.97 Å². The maximum Gasteiger partial charge on any atom is 0.326 e. The van der Waals surface area contributed by atoms with Gasteiger partial charge in [-0.2, -0.15) is 0 Å². The second kappa shape index (κ2) is 11.9. The standard InChI is InChI=1S/C23H30N2O3/c1-2-3-10-15-24-20(16-18-11-6-4-7-12-18)22(26)25-21(23(27)28)17-19-13-8-5-9-14-19/h4-9,11-14,20-21,24H,2-3,10,15-17H2,1H3,(H,25,26)(H,27,28)/t20-,21-/m0/s1. The zero-order chi connectivity index (χ0) is 20.2. The van der Waals surface area contributed by atoms with Gasteiger partial charge < -0.3 is 15.7 Å². The van der Waals surface area contributed by atoms with Crippen LogP contribution in [-0.4, -0.2) is 35.6 Å². The number of carbonyl (C=O) groups excluding carboxylic acids is 1. The zero-order valence-corrected chi connectivity index (χ0v) is 16.4. The second-order valence-electron chi connectivity index (χ2n) is 6.99. The fourth-order valence-electron chi connectivity index (χ4n) is 3.08. The molecular formula is C23H30N2O3. The lowest BCUT2D eigenvalue weighted by atomic mass is 10.0. The van der Waals surface area contributed by atoms with Gasteiger partial charge in [0.05, 0.1) is 6.04 Å². The van der Waals surface area contributed by atoms with Crippen LogP contribution in [0.4, 0.5) is 0 Å². The van der Waals surface area contributed by atoms with E-state index in [9.17, 15) is 14.7 Å². The first-order chi connectivity index (χ1) is 13.6. The zero-order valence-electron chi connectivity index (χ0n) is 16.4. The highest BCUT2D eigenvalue weighted by Gasteiger charge is 2.25. The smallest absolute Gasteiger partial charge is 0.326 e. The number of amides is 1. The Labute approximate surface area is 167 Å². The molecule has 0 heterocycles. The Balaban J connectivity index is 2.04. The van der Waals surface area contributed by atoms with E-state index in [1.165, 1.54) is 0 Å². The molecule has 5 heteroatoms. The van der Waals surface area contributed by atoms with Crippen LogP contribution in [0.2, 0.25) is 0 Å². The number of rotatable bonds is 12. The van der Waals surface area contributed by atoms with E-state index < -0.39 is 18.1 Å². The number of carbonyl (C=O) groups is 2. The van der Waals surface area contributed by atoms with Gasteiger partial charge in [0.2, 0.25) is 5.91 Å². The first-order valence-electron chi connectivity index (χ1n) is 9.94. The summed E-state index contributed by atoms with van der Waals surface area (Å²) in [6.07, 6.45) is 3.97. The first kappa shape index (κ1) is 21.6. The second-order valence-corrected chi connectivity index (χ2v) is 6.99. The summed E-state index contributed by atoms with van der Waals surface area (Å²) < 4.78 is 0. The van der Waals surface area contributed by atoms with Crippen LogP contribution < -0.4 is 10.6 Å². The summed E-state index contributed by atoms with van der Waals surface area (Å²) in [5, 5.41) is 15.6. The van der Waals surface area contributed by atoms with Gasteiger partial charge in [-0.1, -0.05) is 80.4 Å². The van der Waals surface area contributed by atoms with Crippen molar-refractivity contribution in [2.45, 2.75) is 51.1 Å². The minimum absolute atomic E-state index is 0.260. The minimum atomic E-state index is -1.03.